The molecule has 2 rings (SSSR count). The van der Waals surface area contributed by atoms with Crippen LogP contribution in [0.3, 0.4) is 0 Å². The van der Waals surface area contributed by atoms with Crippen LogP contribution >= 0.6 is 0 Å². The van der Waals surface area contributed by atoms with Crippen LogP contribution in [0.5, 0.6) is 0 Å². The summed E-state index contributed by atoms with van der Waals surface area (Å²) in [6.45, 7) is 5.08. The molecular formula is C12H16N2O. The predicted molar refractivity (Wildman–Crippen MR) is 60.0 cm³/mol. The van der Waals surface area contributed by atoms with E-state index in [4.69, 9.17) is 4.74 Å². The second kappa shape index (κ2) is 4.43. The molecule has 0 spiro atoms. The average molecular weight is 204 g/mol. The standard InChI is InChI=1S/C12H16N2O/c1-3-9(2)11-8-15-12(14-11)10-6-4-5-7-13-10/h4-7,9,11H,3,8H2,1-2H3/t9-,11?/m0/s1. The molecule has 3 heteroatoms. The van der Waals surface area contributed by atoms with Crippen molar-refractivity contribution in [3.63, 3.8) is 0 Å². The fourth-order valence-electron chi connectivity index (χ4n) is 1.58. The molecular weight excluding hydrogens is 188 g/mol. The van der Waals surface area contributed by atoms with Gasteiger partial charge < -0.3 is 4.74 Å². The van der Waals surface area contributed by atoms with Crippen LogP contribution in [0.4, 0.5) is 0 Å². The molecule has 0 saturated heterocycles. The minimum Gasteiger partial charge on any atom is -0.474 e. The van der Waals surface area contributed by atoms with Crippen molar-refractivity contribution in [3.05, 3.63) is 30.1 Å². The third-order valence-corrected chi connectivity index (χ3v) is 2.86. The quantitative estimate of drug-likeness (QED) is 0.757. The van der Waals surface area contributed by atoms with Crippen molar-refractivity contribution in [3.8, 4) is 0 Å². The van der Waals surface area contributed by atoms with Crippen LogP contribution in [0, 0.1) is 5.92 Å². The first-order valence-electron chi connectivity index (χ1n) is 5.43. The Balaban J connectivity index is 2.13. The van der Waals surface area contributed by atoms with Gasteiger partial charge in [-0.1, -0.05) is 26.3 Å². The minimum absolute atomic E-state index is 0.298. The maximum Gasteiger partial charge on any atom is 0.235 e. The van der Waals surface area contributed by atoms with Gasteiger partial charge in [0.15, 0.2) is 0 Å². The highest BCUT2D eigenvalue weighted by molar-refractivity contribution is 5.93. The molecule has 2 heterocycles. The molecule has 0 aromatic carbocycles. The van der Waals surface area contributed by atoms with E-state index in [1.54, 1.807) is 6.20 Å². The molecule has 0 aliphatic carbocycles. The van der Waals surface area contributed by atoms with Gasteiger partial charge >= 0.3 is 0 Å². The first-order valence-corrected chi connectivity index (χ1v) is 5.43. The molecule has 0 amide bonds. The van der Waals surface area contributed by atoms with Gasteiger partial charge in [-0.3, -0.25) is 4.98 Å². The third kappa shape index (κ3) is 2.17. The third-order valence-electron chi connectivity index (χ3n) is 2.86. The molecule has 80 valence electrons. The highest BCUT2D eigenvalue weighted by Gasteiger charge is 2.24. The summed E-state index contributed by atoms with van der Waals surface area (Å²) in [5, 5.41) is 0. The summed E-state index contributed by atoms with van der Waals surface area (Å²) in [5.74, 6) is 1.27. The van der Waals surface area contributed by atoms with Gasteiger partial charge in [-0.15, -0.1) is 0 Å². The number of hydrogen-bond acceptors (Lipinski definition) is 3. The van der Waals surface area contributed by atoms with Crippen molar-refractivity contribution in [2.75, 3.05) is 6.61 Å². The zero-order valence-electron chi connectivity index (χ0n) is 9.18. The normalized spacial score (nSPS) is 22.0. The van der Waals surface area contributed by atoms with Crippen LogP contribution in [0.25, 0.3) is 0 Å². The van der Waals surface area contributed by atoms with Crippen LogP contribution in [0.2, 0.25) is 0 Å². The van der Waals surface area contributed by atoms with Crippen molar-refractivity contribution < 1.29 is 4.74 Å². The van der Waals surface area contributed by atoms with E-state index in [1.165, 1.54) is 0 Å². The van der Waals surface area contributed by atoms with Crippen LogP contribution in [0.1, 0.15) is 26.0 Å². The van der Waals surface area contributed by atoms with Gasteiger partial charge in [0.05, 0.1) is 6.04 Å². The van der Waals surface area contributed by atoms with E-state index < -0.39 is 0 Å². The molecule has 3 nitrogen and oxygen atoms in total. The Morgan fingerprint density at radius 3 is 3.07 bits per heavy atom. The molecule has 1 aliphatic rings. The Bertz CT molecular complexity index is 348. The summed E-state index contributed by atoms with van der Waals surface area (Å²) in [4.78, 5) is 8.79. The topological polar surface area (TPSA) is 34.5 Å². The van der Waals surface area contributed by atoms with E-state index >= 15 is 0 Å². The van der Waals surface area contributed by atoms with E-state index in [0.29, 0.717) is 24.5 Å². The number of hydrogen-bond donors (Lipinski definition) is 0. The Kier molecular flexibility index (Phi) is 2.99. The maximum atomic E-state index is 5.56. The monoisotopic (exact) mass is 204 g/mol. The lowest BCUT2D eigenvalue weighted by Gasteiger charge is -2.11. The lowest BCUT2D eigenvalue weighted by molar-refractivity contribution is 0.282. The summed E-state index contributed by atoms with van der Waals surface area (Å²) < 4.78 is 5.56. The van der Waals surface area contributed by atoms with Crippen LogP contribution in [-0.4, -0.2) is 23.5 Å². The van der Waals surface area contributed by atoms with Crippen molar-refractivity contribution in [2.24, 2.45) is 10.9 Å². The molecule has 0 bridgehead atoms. The molecule has 0 radical (unpaired) electrons. The Morgan fingerprint density at radius 1 is 1.53 bits per heavy atom. The van der Waals surface area contributed by atoms with Gasteiger partial charge in [-0.05, 0) is 18.1 Å². The molecule has 1 aromatic rings. The van der Waals surface area contributed by atoms with Gasteiger partial charge in [0.1, 0.15) is 12.3 Å². The second-order valence-electron chi connectivity index (χ2n) is 3.91. The van der Waals surface area contributed by atoms with E-state index in [0.717, 1.165) is 12.1 Å². The van der Waals surface area contributed by atoms with E-state index in [1.807, 2.05) is 18.2 Å². The van der Waals surface area contributed by atoms with Gasteiger partial charge in [0, 0.05) is 6.20 Å². The zero-order valence-corrected chi connectivity index (χ0v) is 9.18. The lowest BCUT2D eigenvalue weighted by Crippen LogP contribution is -2.16. The Labute approximate surface area is 90.2 Å². The van der Waals surface area contributed by atoms with E-state index in [-0.39, 0.29) is 0 Å². The van der Waals surface area contributed by atoms with Crippen LogP contribution in [0.15, 0.2) is 29.4 Å². The first kappa shape index (κ1) is 10.1. The molecule has 1 unspecified atom stereocenters. The van der Waals surface area contributed by atoms with E-state index in [2.05, 4.69) is 23.8 Å². The first-order chi connectivity index (χ1) is 7.31. The second-order valence-corrected chi connectivity index (χ2v) is 3.91. The van der Waals surface area contributed by atoms with Gasteiger partial charge in [-0.2, -0.15) is 0 Å². The minimum atomic E-state index is 0.298. The Morgan fingerprint density at radius 2 is 2.40 bits per heavy atom. The van der Waals surface area contributed by atoms with Crippen molar-refractivity contribution >= 4 is 5.90 Å². The molecule has 2 atom stereocenters. The highest BCUT2D eigenvalue weighted by Crippen LogP contribution is 2.18. The smallest absolute Gasteiger partial charge is 0.235 e. The lowest BCUT2D eigenvalue weighted by atomic mass is 10.0. The summed E-state index contributed by atoms with van der Waals surface area (Å²) in [7, 11) is 0. The van der Waals surface area contributed by atoms with Crippen molar-refractivity contribution in [1.82, 2.24) is 4.98 Å². The fraction of sp³-hybridized carbons (Fsp3) is 0.500. The van der Waals surface area contributed by atoms with Crippen LogP contribution < -0.4 is 0 Å². The van der Waals surface area contributed by atoms with Crippen molar-refractivity contribution in [2.45, 2.75) is 26.3 Å². The number of aromatic nitrogens is 1. The number of pyridine rings is 1. The van der Waals surface area contributed by atoms with E-state index in [9.17, 15) is 0 Å². The molecule has 0 N–H and O–H groups in total. The fourth-order valence-corrected chi connectivity index (χ4v) is 1.58. The number of nitrogens with zero attached hydrogens (tertiary/aromatic N) is 2. The average Bonchev–Trinajstić information content (AvgIpc) is 2.78. The van der Waals surface area contributed by atoms with Gasteiger partial charge in [0.25, 0.3) is 0 Å². The molecule has 1 aliphatic heterocycles. The summed E-state index contributed by atoms with van der Waals surface area (Å²) in [6, 6.07) is 6.07. The Hall–Kier alpha value is -1.38. The summed E-state index contributed by atoms with van der Waals surface area (Å²) in [5.41, 5.74) is 0.836. The predicted octanol–water partition coefficient (Wildman–Crippen LogP) is 2.27. The van der Waals surface area contributed by atoms with Gasteiger partial charge in [-0.25, -0.2) is 4.99 Å². The van der Waals surface area contributed by atoms with Crippen LogP contribution in [-0.2, 0) is 4.74 Å². The molecule has 1 aromatic heterocycles. The zero-order chi connectivity index (χ0) is 10.7. The molecule has 0 fully saturated rings. The highest BCUT2D eigenvalue weighted by atomic mass is 16.5. The summed E-state index contributed by atoms with van der Waals surface area (Å²) >= 11 is 0. The van der Waals surface area contributed by atoms with Gasteiger partial charge in [0.2, 0.25) is 5.90 Å². The SMILES string of the molecule is CC[C@H](C)C1COC(c2ccccn2)=N1. The summed E-state index contributed by atoms with van der Waals surface area (Å²) in [6.07, 6.45) is 2.89. The number of ether oxygens (including phenoxy) is 1. The number of aliphatic imine (C=N–C) groups is 1. The largest absolute Gasteiger partial charge is 0.474 e. The molecule has 0 saturated carbocycles. The molecule has 15 heavy (non-hydrogen) atoms. The number of rotatable bonds is 3. The van der Waals surface area contributed by atoms with Crippen molar-refractivity contribution in [1.29, 1.82) is 0 Å². The maximum absolute atomic E-state index is 5.56.